The van der Waals surface area contributed by atoms with Crippen LogP contribution in [-0.2, 0) is 4.79 Å². The van der Waals surface area contributed by atoms with Gasteiger partial charge in [-0.1, -0.05) is 19.8 Å². The summed E-state index contributed by atoms with van der Waals surface area (Å²) in [6, 6.07) is 0. The largest absolute Gasteiger partial charge is 0.370 e. The van der Waals surface area contributed by atoms with Crippen LogP contribution in [0.5, 0.6) is 0 Å². The zero-order chi connectivity index (χ0) is 16.7. The van der Waals surface area contributed by atoms with Crippen LogP contribution in [0.2, 0.25) is 0 Å². The molecule has 1 unspecified atom stereocenters. The van der Waals surface area contributed by atoms with Crippen LogP contribution in [0, 0.1) is 11.3 Å². The van der Waals surface area contributed by atoms with Crippen LogP contribution in [0.1, 0.15) is 65.2 Å². The normalized spacial score (nSPS) is 24.7. The maximum atomic E-state index is 11.2. The third-order valence-electron chi connectivity index (χ3n) is 5.62. The molecular weight excluding hydrogens is 288 g/mol. The fraction of sp³-hybridized carbons (Fsp3) is 0.889. The predicted molar refractivity (Wildman–Crippen MR) is 95.3 cm³/mol. The van der Waals surface area contributed by atoms with Gasteiger partial charge in [-0.2, -0.15) is 0 Å². The van der Waals surface area contributed by atoms with E-state index < -0.39 is 0 Å². The Balaban J connectivity index is 2.01. The highest BCUT2D eigenvalue weighted by molar-refractivity contribution is 5.80. The van der Waals surface area contributed by atoms with Crippen LogP contribution in [-0.4, -0.2) is 42.9 Å². The van der Waals surface area contributed by atoms with Crippen molar-refractivity contribution in [1.82, 2.24) is 10.2 Å². The van der Waals surface area contributed by atoms with Crippen molar-refractivity contribution in [3.63, 3.8) is 0 Å². The molecule has 0 spiro atoms. The Hall–Kier alpha value is -1.26. The number of primary amides is 1. The molecule has 1 aliphatic carbocycles. The van der Waals surface area contributed by atoms with E-state index in [-0.39, 0.29) is 5.91 Å². The molecule has 0 aromatic rings. The van der Waals surface area contributed by atoms with Gasteiger partial charge in [-0.05, 0) is 50.4 Å². The molecule has 23 heavy (non-hydrogen) atoms. The van der Waals surface area contributed by atoms with Crippen LogP contribution in [0.4, 0.5) is 0 Å². The molecule has 2 rings (SSSR count). The fourth-order valence-corrected chi connectivity index (χ4v) is 4.13. The van der Waals surface area contributed by atoms with E-state index in [1.54, 1.807) is 0 Å². The van der Waals surface area contributed by atoms with Gasteiger partial charge in [0.2, 0.25) is 5.91 Å². The smallest absolute Gasteiger partial charge is 0.217 e. The van der Waals surface area contributed by atoms with E-state index in [1.807, 2.05) is 0 Å². The van der Waals surface area contributed by atoms with E-state index in [0.717, 1.165) is 45.0 Å². The molecule has 0 aromatic carbocycles. The van der Waals surface area contributed by atoms with Crippen molar-refractivity contribution in [1.29, 1.82) is 0 Å². The summed E-state index contributed by atoms with van der Waals surface area (Å²) in [5.41, 5.74) is 5.80. The number of hydrogen-bond acceptors (Lipinski definition) is 2. The first-order chi connectivity index (χ1) is 11.1. The Morgan fingerprint density at radius 1 is 1.30 bits per heavy atom. The van der Waals surface area contributed by atoms with Gasteiger partial charge in [0.05, 0.1) is 0 Å². The van der Waals surface area contributed by atoms with Crippen molar-refractivity contribution in [3.05, 3.63) is 0 Å². The lowest BCUT2D eigenvalue weighted by Crippen LogP contribution is -2.47. The van der Waals surface area contributed by atoms with Gasteiger partial charge < -0.3 is 16.0 Å². The number of aliphatic imine (C=N–C) groups is 1. The number of nitrogens with two attached hydrogens (primary N) is 1. The molecule has 5 heteroatoms. The Labute approximate surface area is 141 Å². The molecule has 2 aliphatic rings. The van der Waals surface area contributed by atoms with Crippen LogP contribution in [0.25, 0.3) is 0 Å². The number of hydrogen-bond donors (Lipinski definition) is 2. The summed E-state index contributed by atoms with van der Waals surface area (Å²) < 4.78 is 0. The maximum absolute atomic E-state index is 11.2. The van der Waals surface area contributed by atoms with Crippen molar-refractivity contribution in [2.45, 2.75) is 65.2 Å². The SMILES string of the molecule is CCNC(=NCC1(CC)CCCC1)N1CCCC(CC(N)=O)C1. The van der Waals surface area contributed by atoms with Crippen LogP contribution < -0.4 is 11.1 Å². The third kappa shape index (κ3) is 5.11. The lowest BCUT2D eigenvalue weighted by atomic mass is 9.83. The van der Waals surface area contributed by atoms with Gasteiger partial charge >= 0.3 is 0 Å². The van der Waals surface area contributed by atoms with Gasteiger partial charge in [-0.15, -0.1) is 0 Å². The van der Waals surface area contributed by atoms with Gasteiger partial charge in [0.1, 0.15) is 0 Å². The van der Waals surface area contributed by atoms with Crippen molar-refractivity contribution in [2.24, 2.45) is 22.1 Å². The predicted octanol–water partition coefficient (Wildman–Crippen LogP) is 2.51. The van der Waals surface area contributed by atoms with Gasteiger partial charge in [0, 0.05) is 32.6 Å². The molecule has 1 saturated carbocycles. The van der Waals surface area contributed by atoms with E-state index >= 15 is 0 Å². The second-order valence-electron chi connectivity index (χ2n) is 7.36. The molecule has 132 valence electrons. The van der Waals surface area contributed by atoms with E-state index in [1.165, 1.54) is 32.1 Å². The molecule has 1 aliphatic heterocycles. The lowest BCUT2D eigenvalue weighted by Gasteiger charge is -2.35. The highest BCUT2D eigenvalue weighted by Crippen LogP contribution is 2.41. The summed E-state index contributed by atoms with van der Waals surface area (Å²) in [5.74, 6) is 1.22. The number of piperidine rings is 1. The summed E-state index contributed by atoms with van der Waals surface area (Å²) in [6.07, 6.45) is 9.26. The number of nitrogens with one attached hydrogen (secondary N) is 1. The minimum atomic E-state index is -0.185. The average molecular weight is 322 g/mol. The second kappa shape index (κ2) is 8.55. The standard InChI is InChI=1S/C18H34N4O/c1-3-18(9-5-6-10-18)14-21-17(20-4-2)22-11-7-8-15(13-22)12-16(19)23/h15H,3-14H2,1-2H3,(H2,19,23)(H,20,21). The monoisotopic (exact) mass is 322 g/mol. The van der Waals surface area contributed by atoms with Crippen molar-refractivity contribution in [3.8, 4) is 0 Å². The van der Waals surface area contributed by atoms with Crippen molar-refractivity contribution >= 4 is 11.9 Å². The minimum absolute atomic E-state index is 0.185. The molecule has 1 saturated heterocycles. The zero-order valence-electron chi connectivity index (χ0n) is 14.9. The van der Waals surface area contributed by atoms with E-state index in [2.05, 4.69) is 24.1 Å². The molecule has 3 N–H and O–H groups in total. The quantitative estimate of drug-likeness (QED) is 0.583. The topological polar surface area (TPSA) is 70.7 Å². The number of amides is 1. The third-order valence-corrected chi connectivity index (χ3v) is 5.62. The molecule has 0 aromatic heterocycles. The number of carbonyl (C=O) groups excluding carboxylic acids is 1. The Bertz CT molecular complexity index is 415. The van der Waals surface area contributed by atoms with Crippen LogP contribution in [0.15, 0.2) is 4.99 Å². The number of nitrogens with zero attached hydrogens (tertiary/aromatic N) is 2. The molecule has 5 nitrogen and oxygen atoms in total. The fourth-order valence-electron chi connectivity index (χ4n) is 4.13. The summed E-state index contributed by atoms with van der Waals surface area (Å²) in [6.45, 7) is 8.16. The minimum Gasteiger partial charge on any atom is -0.370 e. The molecule has 0 radical (unpaired) electrons. The number of carbonyl (C=O) groups is 1. The average Bonchev–Trinajstić information content (AvgIpc) is 3.00. The molecule has 0 bridgehead atoms. The van der Waals surface area contributed by atoms with Crippen molar-refractivity contribution < 1.29 is 4.79 Å². The van der Waals surface area contributed by atoms with Gasteiger partial charge in [-0.3, -0.25) is 9.79 Å². The van der Waals surface area contributed by atoms with Gasteiger partial charge in [-0.25, -0.2) is 0 Å². The molecule has 1 heterocycles. The van der Waals surface area contributed by atoms with Crippen molar-refractivity contribution in [2.75, 3.05) is 26.2 Å². The highest BCUT2D eigenvalue weighted by atomic mass is 16.1. The van der Waals surface area contributed by atoms with Crippen LogP contribution in [0.3, 0.4) is 0 Å². The summed E-state index contributed by atoms with van der Waals surface area (Å²) in [4.78, 5) is 18.5. The number of rotatable bonds is 6. The molecular formula is C18H34N4O. The molecule has 1 amide bonds. The highest BCUT2D eigenvalue weighted by Gasteiger charge is 2.32. The lowest BCUT2D eigenvalue weighted by molar-refractivity contribution is -0.119. The second-order valence-corrected chi connectivity index (χ2v) is 7.36. The van der Waals surface area contributed by atoms with Gasteiger partial charge in [0.25, 0.3) is 0 Å². The molecule has 1 atom stereocenters. The van der Waals surface area contributed by atoms with E-state index in [4.69, 9.17) is 10.7 Å². The zero-order valence-corrected chi connectivity index (χ0v) is 14.9. The molecule has 2 fully saturated rings. The Morgan fingerprint density at radius 2 is 2.04 bits per heavy atom. The Morgan fingerprint density at radius 3 is 2.65 bits per heavy atom. The summed E-state index contributed by atoms with van der Waals surface area (Å²) in [5, 5.41) is 3.45. The number of guanidine groups is 1. The Kier molecular flexibility index (Phi) is 6.72. The van der Waals surface area contributed by atoms with E-state index in [0.29, 0.717) is 17.8 Å². The number of likely N-dealkylation sites (tertiary alicyclic amines) is 1. The summed E-state index contributed by atoms with van der Waals surface area (Å²) in [7, 11) is 0. The van der Waals surface area contributed by atoms with Crippen LogP contribution >= 0.6 is 0 Å². The summed E-state index contributed by atoms with van der Waals surface area (Å²) >= 11 is 0. The maximum Gasteiger partial charge on any atom is 0.217 e. The first-order valence-electron chi connectivity index (χ1n) is 9.40. The first kappa shape index (κ1) is 18.1. The first-order valence-corrected chi connectivity index (χ1v) is 9.40. The van der Waals surface area contributed by atoms with E-state index in [9.17, 15) is 4.79 Å². The van der Waals surface area contributed by atoms with Gasteiger partial charge in [0.15, 0.2) is 5.96 Å².